The van der Waals surface area contributed by atoms with E-state index >= 15 is 0 Å². The summed E-state index contributed by atoms with van der Waals surface area (Å²) in [5.74, 6) is 0. The van der Waals surface area contributed by atoms with Crippen LogP contribution < -0.4 is 14.8 Å². The van der Waals surface area contributed by atoms with Crippen molar-refractivity contribution in [1.82, 2.24) is 19.7 Å². The van der Waals surface area contributed by atoms with Crippen molar-refractivity contribution in [2.75, 3.05) is 7.05 Å². The Labute approximate surface area is 161 Å². The Kier molecular flexibility index (Phi) is 5.68. The Bertz CT molecular complexity index is 591. The monoisotopic (exact) mass is 388 g/mol. The van der Waals surface area contributed by atoms with Crippen LogP contribution in [0, 0.1) is 0 Å². The molecule has 0 radical (unpaired) electrons. The quantitative estimate of drug-likeness (QED) is 0.691. The van der Waals surface area contributed by atoms with Gasteiger partial charge in [0.05, 0.1) is 0 Å². The normalized spacial score (nSPS) is 29.6. The first-order valence-corrected chi connectivity index (χ1v) is 11.2. The van der Waals surface area contributed by atoms with Crippen LogP contribution >= 0.6 is 0 Å². The van der Waals surface area contributed by atoms with Crippen molar-refractivity contribution in [3.8, 4) is 0 Å². The van der Waals surface area contributed by atoms with Gasteiger partial charge in [0.25, 0.3) is 10.2 Å². The number of nitrogens with one attached hydrogen (secondary N) is 3. The lowest BCUT2D eigenvalue weighted by atomic mass is 9.78. The molecule has 154 valence electrons. The molecule has 0 saturated carbocycles. The third kappa shape index (κ3) is 5.41. The van der Waals surface area contributed by atoms with Crippen LogP contribution in [0.5, 0.6) is 0 Å². The van der Waals surface area contributed by atoms with E-state index in [4.69, 9.17) is 0 Å². The average Bonchev–Trinajstić information content (AvgIpc) is 2.29. The third-order valence-electron chi connectivity index (χ3n) is 6.14. The lowest BCUT2D eigenvalue weighted by molar-refractivity contribution is -0.0140. The summed E-state index contributed by atoms with van der Waals surface area (Å²) in [6.07, 6.45) is 3.16. The summed E-state index contributed by atoms with van der Waals surface area (Å²) in [6, 6.07) is -0.123. The molecule has 0 aromatic carbocycles. The first-order valence-electron chi connectivity index (χ1n) is 9.76. The highest BCUT2D eigenvalue weighted by atomic mass is 32.2. The van der Waals surface area contributed by atoms with Crippen molar-refractivity contribution in [3.63, 3.8) is 0 Å². The fraction of sp³-hybridized carbons (Fsp3) is 1.00. The molecule has 0 aromatic rings. The molecule has 2 fully saturated rings. The molecule has 0 bridgehead atoms. The maximum absolute atomic E-state index is 12.8. The Morgan fingerprint density at radius 2 is 1.12 bits per heavy atom. The smallest absolute Gasteiger partial charge is 0.277 e. The summed E-state index contributed by atoms with van der Waals surface area (Å²) in [4.78, 5) is 2.36. The molecule has 2 heterocycles. The first-order chi connectivity index (χ1) is 11.4. The van der Waals surface area contributed by atoms with E-state index in [0.717, 1.165) is 25.7 Å². The van der Waals surface area contributed by atoms with Gasteiger partial charge in [-0.1, -0.05) is 0 Å². The zero-order valence-electron chi connectivity index (χ0n) is 18.2. The van der Waals surface area contributed by atoms with Gasteiger partial charge in [-0.05, 0) is 88.1 Å². The van der Waals surface area contributed by atoms with E-state index in [-0.39, 0.29) is 34.2 Å². The summed E-state index contributed by atoms with van der Waals surface area (Å²) >= 11 is 0. The van der Waals surface area contributed by atoms with Gasteiger partial charge < -0.3 is 5.32 Å². The van der Waals surface area contributed by atoms with Crippen LogP contribution in [-0.2, 0) is 10.2 Å². The molecule has 0 amide bonds. The van der Waals surface area contributed by atoms with Crippen LogP contribution in [-0.4, -0.2) is 54.6 Å². The lowest BCUT2D eigenvalue weighted by Gasteiger charge is -2.53. The zero-order valence-corrected chi connectivity index (χ0v) is 19.0. The predicted molar refractivity (Wildman–Crippen MR) is 108 cm³/mol. The highest BCUT2D eigenvalue weighted by Gasteiger charge is 2.44. The second-order valence-corrected chi connectivity index (χ2v) is 12.5. The van der Waals surface area contributed by atoms with E-state index in [9.17, 15) is 8.42 Å². The molecule has 6 nitrogen and oxygen atoms in total. The molecule has 0 aromatic heterocycles. The summed E-state index contributed by atoms with van der Waals surface area (Å²) in [5, 5.41) is 3.59. The van der Waals surface area contributed by atoms with E-state index in [1.807, 2.05) is 0 Å². The number of hydrogen-bond acceptors (Lipinski definition) is 4. The van der Waals surface area contributed by atoms with Gasteiger partial charge in [0.2, 0.25) is 0 Å². The summed E-state index contributed by atoms with van der Waals surface area (Å²) in [5.41, 5.74) is -0.277. The molecule has 3 N–H and O–H groups in total. The maximum atomic E-state index is 12.8. The molecule has 7 heteroatoms. The molecular formula is C19H40N4O2S. The Hall–Kier alpha value is -0.210. The average molecular weight is 389 g/mol. The Balaban J connectivity index is 2.07. The molecule has 2 aliphatic rings. The van der Waals surface area contributed by atoms with Crippen molar-refractivity contribution < 1.29 is 8.42 Å². The number of nitrogens with zero attached hydrogens (tertiary/aromatic N) is 1. The van der Waals surface area contributed by atoms with Crippen LogP contribution in [0.1, 0.15) is 81.1 Å². The minimum absolute atomic E-state index is 0.0479. The number of piperidine rings is 2. The molecule has 0 aliphatic carbocycles. The van der Waals surface area contributed by atoms with E-state index < -0.39 is 10.2 Å². The highest BCUT2D eigenvalue weighted by molar-refractivity contribution is 7.87. The van der Waals surface area contributed by atoms with Gasteiger partial charge in [0.15, 0.2) is 0 Å². The second kappa shape index (κ2) is 6.69. The molecule has 2 saturated heterocycles. The maximum Gasteiger partial charge on any atom is 0.277 e. The second-order valence-electron chi connectivity index (χ2n) is 11.0. The van der Waals surface area contributed by atoms with Crippen molar-refractivity contribution >= 4 is 10.2 Å². The lowest BCUT2D eigenvalue weighted by Crippen LogP contribution is -2.65. The fourth-order valence-corrected chi connectivity index (χ4v) is 6.61. The predicted octanol–water partition coefficient (Wildman–Crippen LogP) is 2.37. The Morgan fingerprint density at radius 3 is 1.50 bits per heavy atom. The molecule has 2 aliphatic heterocycles. The molecule has 2 rings (SSSR count). The van der Waals surface area contributed by atoms with E-state index in [1.54, 1.807) is 0 Å². The van der Waals surface area contributed by atoms with Crippen molar-refractivity contribution in [2.24, 2.45) is 0 Å². The van der Waals surface area contributed by atoms with Gasteiger partial charge in [-0.2, -0.15) is 17.9 Å². The zero-order chi connectivity index (χ0) is 20.2. The van der Waals surface area contributed by atoms with Crippen LogP contribution in [0.15, 0.2) is 0 Å². The summed E-state index contributed by atoms with van der Waals surface area (Å²) < 4.78 is 31.5. The number of likely N-dealkylation sites (tertiary alicyclic amines) is 1. The largest absolute Gasteiger partial charge is 0.307 e. The standard InChI is InChI=1S/C19H40N4O2S/c1-16(2)10-14(11-17(3,4)22-16)20-26(24,25)21-15-12-18(5,6)23(9)19(7,8)13-15/h14-15,20-22H,10-13H2,1-9H3. The van der Waals surface area contributed by atoms with Gasteiger partial charge in [-0.25, -0.2) is 0 Å². The van der Waals surface area contributed by atoms with Crippen molar-refractivity contribution in [3.05, 3.63) is 0 Å². The van der Waals surface area contributed by atoms with Gasteiger partial charge in [-0.15, -0.1) is 0 Å². The number of hydrogen-bond donors (Lipinski definition) is 3. The van der Waals surface area contributed by atoms with Crippen LogP contribution in [0.25, 0.3) is 0 Å². The molecule has 0 spiro atoms. The first kappa shape index (κ1) is 22.1. The molecule has 0 atom stereocenters. The third-order valence-corrected chi connectivity index (χ3v) is 7.43. The fourth-order valence-electron chi connectivity index (χ4n) is 5.33. The van der Waals surface area contributed by atoms with E-state index in [0.29, 0.717) is 0 Å². The minimum Gasteiger partial charge on any atom is -0.307 e. The van der Waals surface area contributed by atoms with E-state index in [2.05, 4.69) is 82.1 Å². The topological polar surface area (TPSA) is 73.5 Å². The van der Waals surface area contributed by atoms with Gasteiger partial charge in [0.1, 0.15) is 0 Å². The van der Waals surface area contributed by atoms with Gasteiger partial charge in [0, 0.05) is 34.2 Å². The number of rotatable bonds is 4. The highest BCUT2D eigenvalue weighted by Crippen LogP contribution is 2.37. The SMILES string of the molecule is CN1C(C)(C)CC(NS(=O)(=O)NC2CC(C)(C)NC(C)(C)C2)CC1(C)C. The van der Waals surface area contributed by atoms with Gasteiger partial charge in [-0.3, -0.25) is 4.90 Å². The summed E-state index contributed by atoms with van der Waals surface area (Å²) in [6.45, 7) is 17.2. The van der Waals surface area contributed by atoms with Crippen molar-refractivity contribution in [2.45, 2.75) is 115 Å². The van der Waals surface area contributed by atoms with Crippen LogP contribution in [0.4, 0.5) is 0 Å². The minimum atomic E-state index is -3.55. The molecule has 0 unspecified atom stereocenters. The molecule has 26 heavy (non-hydrogen) atoms. The van der Waals surface area contributed by atoms with Crippen LogP contribution in [0.2, 0.25) is 0 Å². The summed E-state index contributed by atoms with van der Waals surface area (Å²) in [7, 11) is -1.42. The van der Waals surface area contributed by atoms with E-state index in [1.165, 1.54) is 0 Å². The van der Waals surface area contributed by atoms with Crippen LogP contribution in [0.3, 0.4) is 0 Å². The Morgan fingerprint density at radius 1 is 0.769 bits per heavy atom. The van der Waals surface area contributed by atoms with Gasteiger partial charge >= 0.3 is 0 Å². The van der Waals surface area contributed by atoms with Crippen molar-refractivity contribution in [1.29, 1.82) is 0 Å². The molecular weight excluding hydrogens is 348 g/mol.